The van der Waals surface area contributed by atoms with Crippen molar-refractivity contribution in [2.75, 3.05) is 6.67 Å². The monoisotopic (exact) mass is 448 g/mol. The Morgan fingerprint density at radius 2 is 1.24 bits per heavy atom. The number of halogens is 1. The van der Waals surface area contributed by atoms with Gasteiger partial charge in [-0.15, -0.1) is 0 Å². The largest absolute Gasteiger partial charge is 0.251 e. The minimum Gasteiger partial charge on any atom is -0.251 e. The van der Waals surface area contributed by atoms with Crippen LogP contribution in [0.1, 0.15) is 107 Å². The molecule has 0 amide bonds. The normalized spacial score (nSPS) is 25.8. The quantitative estimate of drug-likeness (QED) is 0.317. The van der Waals surface area contributed by atoms with Crippen molar-refractivity contribution in [3.8, 4) is 11.1 Å². The molecule has 0 unspecified atom stereocenters. The Kier molecular flexibility index (Phi) is 9.45. The Bertz CT molecular complexity index is 789. The smallest absolute Gasteiger partial charge is 0.0894 e. The van der Waals surface area contributed by atoms with Crippen LogP contribution in [0.3, 0.4) is 0 Å². The molecule has 0 aromatic heterocycles. The van der Waals surface area contributed by atoms with Crippen LogP contribution in [-0.2, 0) is 6.42 Å². The average Bonchev–Trinajstić information content (AvgIpc) is 2.88. The second-order valence-corrected chi connectivity index (χ2v) is 11.0. The lowest BCUT2D eigenvalue weighted by atomic mass is 9.68. The minimum atomic E-state index is -0.184. The fourth-order valence-corrected chi connectivity index (χ4v) is 6.69. The van der Waals surface area contributed by atoms with Gasteiger partial charge in [0.25, 0.3) is 0 Å². The highest BCUT2D eigenvalue weighted by Crippen LogP contribution is 2.44. The Hall–Kier alpha value is -1.63. The fraction of sp³-hybridized carbons (Fsp3) is 0.625. The van der Waals surface area contributed by atoms with Crippen LogP contribution < -0.4 is 0 Å². The molecule has 0 bridgehead atoms. The number of aryl methyl sites for hydroxylation is 1. The van der Waals surface area contributed by atoms with E-state index in [4.69, 9.17) is 0 Å². The third kappa shape index (κ3) is 6.93. The van der Waals surface area contributed by atoms with E-state index in [0.717, 1.165) is 42.9 Å². The molecule has 0 heterocycles. The molecule has 1 heteroatoms. The molecule has 2 aromatic carbocycles. The third-order valence-corrected chi connectivity index (χ3v) is 8.80. The van der Waals surface area contributed by atoms with Gasteiger partial charge in [0, 0.05) is 0 Å². The van der Waals surface area contributed by atoms with E-state index in [1.807, 2.05) is 0 Å². The van der Waals surface area contributed by atoms with Crippen LogP contribution >= 0.6 is 0 Å². The number of benzene rings is 2. The second kappa shape index (κ2) is 12.7. The van der Waals surface area contributed by atoms with Crippen molar-refractivity contribution in [1.82, 2.24) is 0 Å². The molecule has 2 aromatic rings. The maximum atomic E-state index is 12.2. The van der Waals surface area contributed by atoms with Crippen LogP contribution in [-0.4, -0.2) is 6.67 Å². The number of rotatable bonds is 10. The Morgan fingerprint density at radius 3 is 1.82 bits per heavy atom. The summed E-state index contributed by atoms with van der Waals surface area (Å²) in [4.78, 5) is 0. The van der Waals surface area contributed by atoms with Gasteiger partial charge in [-0.05, 0) is 104 Å². The maximum Gasteiger partial charge on any atom is 0.0894 e. The first kappa shape index (κ1) is 24.5. The molecule has 0 aliphatic heterocycles. The van der Waals surface area contributed by atoms with Gasteiger partial charge in [-0.1, -0.05) is 87.6 Å². The summed E-state index contributed by atoms with van der Waals surface area (Å²) in [5.41, 5.74) is 5.54. The van der Waals surface area contributed by atoms with Crippen LogP contribution in [0.2, 0.25) is 0 Å². The highest BCUT2D eigenvalue weighted by Gasteiger charge is 2.31. The van der Waals surface area contributed by atoms with Crippen LogP contribution in [0.25, 0.3) is 11.1 Å². The molecule has 0 spiro atoms. The predicted molar refractivity (Wildman–Crippen MR) is 140 cm³/mol. The van der Waals surface area contributed by atoms with Crippen molar-refractivity contribution in [3.63, 3.8) is 0 Å². The molecular weight excluding hydrogens is 403 g/mol. The number of hydrogen-bond donors (Lipinski definition) is 0. The van der Waals surface area contributed by atoms with Crippen molar-refractivity contribution in [2.45, 2.75) is 103 Å². The lowest BCUT2D eigenvalue weighted by Gasteiger charge is -2.38. The lowest BCUT2D eigenvalue weighted by Crippen LogP contribution is -2.25. The summed E-state index contributed by atoms with van der Waals surface area (Å²) in [5, 5.41) is 0. The molecule has 2 aliphatic carbocycles. The zero-order chi connectivity index (χ0) is 22.9. The van der Waals surface area contributed by atoms with Crippen molar-refractivity contribution in [3.05, 3.63) is 59.7 Å². The molecule has 2 aliphatic rings. The number of alkyl halides is 1. The van der Waals surface area contributed by atoms with Gasteiger partial charge >= 0.3 is 0 Å². The van der Waals surface area contributed by atoms with Gasteiger partial charge in [-0.3, -0.25) is 4.39 Å². The summed E-state index contributed by atoms with van der Waals surface area (Å²) in [5.74, 6) is 3.81. The Balaban J connectivity index is 1.24. The summed E-state index contributed by atoms with van der Waals surface area (Å²) in [6.45, 7) is 2.16. The first-order valence-corrected chi connectivity index (χ1v) is 14.0. The van der Waals surface area contributed by atoms with Crippen molar-refractivity contribution in [1.29, 1.82) is 0 Å². The SMILES string of the molecule is CCC[C@H]1CC[C@H](C2CCC(c3ccc(-c4ccc(CCCCCF)cc4)cc3)CC2)CC1. The fourth-order valence-electron chi connectivity index (χ4n) is 6.69. The van der Waals surface area contributed by atoms with Crippen LogP contribution in [0.5, 0.6) is 0 Å². The summed E-state index contributed by atoms with van der Waals surface area (Å²) in [6.07, 6.45) is 18.3. The summed E-state index contributed by atoms with van der Waals surface area (Å²) in [7, 11) is 0. The molecule has 2 fully saturated rings. The average molecular weight is 449 g/mol. The third-order valence-electron chi connectivity index (χ3n) is 8.80. The second-order valence-electron chi connectivity index (χ2n) is 11.0. The van der Waals surface area contributed by atoms with Gasteiger partial charge < -0.3 is 0 Å². The number of hydrogen-bond acceptors (Lipinski definition) is 0. The van der Waals surface area contributed by atoms with E-state index in [0.29, 0.717) is 6.42 Å². The molecule has 0 saturated heterocycles. The summed E-state index contributed by atoms with van der Waals surface area (Å²) < 4.78 is 12.2. The minimum absolute atomic E-state index is 0.184. The lowest BCUT2D eigenvalue weighted by molar-refractivity contribution is 0.156. The van der Waals surface area contributed by atoms with Crippen LogP contribution in [0, 0.1) is 17.8 Å². The molecule has 180 valence electrons. The highest BCUT2D eigenvalue weighted by atomic mass is 19.1. The van der Waals surface area contributed by atoms with E-state index < -0.39 is 0 Å². The van der Waals surface area contributed by atoms with Crippen LogP contribution in [0.15, 0.2) is 48.5 Å². The molecule has 0 atom stereocenters. The summed E-state index contributed by atoms with van der Waals surface area (Å²) >= 11 is 0. The van der Waals surface area contributed by atoms with E-state index in [2.05, 4.69) is 55.5 Å². The van der Waals surface area contributed by atoms with E-state index >= 15 is 0 Å². The Morgan fingerprint density at radius 1 is 0.667 bits per heavy atom. The Labute approximate surface area is 202 Å². The molecule has 2 saturated carbocycles. The van der Waals surface area contributed by atoms with Crippen molar-refractivity contribution in [2.24, 2.45) is 17.8 Å². The molecule has 0 N–H and O–H groups in total. The van der Waals surface area contributed by atoms with Gasteiger partial charge in [-0.2, -0.15) is 0 Å². The van der Waals surface area contributed by atoms with Crippen LogP contribution in [0.4, 0.5) is 4.39 Å². The zero-order valence-corrected chi connectivity index (χ0v) is 20.9. The summed E-state index contributed by atoms with van der Waals surface area (Å²) in [6, 6.07) is 18.4. The zero-order valence-electron chi connectivity index (χ0n) is 20.9. The van der Waals surface area contributed by atoms with Gasteiger partial charge in [0.1, 0.15) is 0 Å². The topological polar surface area (TPSA) is 0 Å². The van der Waals surface area contributed by atoms with Gasteiger partial charge in [0.15, 0.2) is 0 Å². The van der Waals surface area contributed by atoms with E-state index in [1.54, 1.807) is 5.56 Å². The van der Waals surface area contributed by atoms with E-state index in [-0.39, 0.29) is 6.67 Å². The standard InChI is InChI=1S/C32H45F/c1-2-6-25-8-12-27(13-9-25)29-16-20-31(21-17-29)32-22-18-30(19-23-32)28-14-10-26(11-15-28)7-4-3-5-24-33/h10-11,14-15,18-19,22-23,25,27,29,31H,2-9,12-13,16-17,20-21,24H2,1H3/t25-,27-,29?,31?. The highest BCUT2D eigenvalue weighted by molar-refractivity contribution is 5.64. The van der Waals surface area contributed by atoms with E-state index in [9.17, 15) is 4.39 Å². The molecule has 0 nitrogen and oxygen atoms in total. The van der Waals surface area contributed by atoms with Gasteiger partial charge in [0.2, 0.25) is 0 Å². The number of unbranched alkanes of at least 4 members (excludes halogenated alkanes) is 2. The van der Waals surface area contributed by atoms with E-state index in [1.165, 1.54) is 80.9 Å². The van der Waals surface area contributed by atoms with Gasteiger partial charge in [0.05, 0.1) is 6.67 Å². The predicted octanol–water partition coefficient (Wildman–Crippen LogP) is 9.92. The van der Waals surface area contributed by atoms with Crippen molar-refractivity contribution >= 4 is 0 Å². The first-order chi connectivity index (χ1) is 16.3. The molecule has 33 heavy (non-hydrogen) atoms. The molecule has 0 radical (unpaired) electrons. The first-order valence-electron chi connectivity index (χ1n) is 14.0. The maximum absolute atomic E-state index is 12.2. The van der Waals surface area contributed by atoms with Gasteiger partial charge in [-0.25, -0.2) is 0 Å². The molecular formula is C32H45F. The molecule has 4 rings (SSSR count). The van der Waals surface area contributed by atoms with Crippen molar-refractivity contribution < 1.29 is 4.39 Å².